The van der Waals surface area contributed by atoms with Gasteiger partial charge in [0.05, 0.1) is 30.3 Å². The molecule has 0 spiro atoms. The summed E-state index contributed by atoms with van der Waals surface area (Å²) < 4.78 is 12.3. The molecule has 176 valence electrons. The molecule has 0 radical (unpaired) electrons. The van der Waals surface area contributed by atoms with Crippen molar-refractivity contribution in [2.75, 3.05) is 32.9 Å². The average Bonchev–Trinajstić information content (AvgIpc) is 2.92. The van der Waals surface area contributed by atoms with E-state index in [4.69, 9.17) is 14.5 Å². The van der Waals surface area contributed by atoms with E-state index in [1.54, 1.807) is 35.4 Å². The van der Waals surface area contributed by atoms with Crippen molar-refractivity contribution >= 4 is 23.0 Å². The highest BCUT2D eigenvalue weighted by atomic mass is 16.5. The molecule has 0 bridgehead atoms. The molecule has 0 atom stereocenters. The summed E-state index contributed by atoms with van der Waals surface area (Å²) in [6.45, 7) is 2.20. The van der Waals surface area contributed by atoms with Gasteiger partial charge in [0.2, 0.25) is 0 Å². The zero-order valence-electron chi connectivity index (χ0n) is 19.0. The second-order valence-electron chi connectivity index (χ2n) is 8.03. The van der Waals surface area contributed by atoms with Gasteiger partial charge in [-0.15, -0.1) is 0 Å². The average molecular weight is 469 g/mol. The van der Waals surface area contributed by atoms with Crippen molar-refractivity contribution in [1.82, 2.24) is 14.6 Å². The van der Waals surface area contributed by atoms with E-state index >= 15 is 0 Å². The van der Waals surface area contributed by atoms with Gasteiger partial charge in [0.25, 0.3) is 11.5 Å². The smallest absolute Gasteiger partial charge is 0.282 e. The number of nitrogens with zero attached hydrogens (tertiary/aromatic N) is 4. The van der Waals surface area contributed by atoms with Gasteiger partial charge in [0.1, 0.15) is 5.75 Å². The standard InChI is InChI=1S/C27H24N4O4/c32-25(30-13-15-34-16-14-30)19-35-22-10-6-7-20(17-22)18-28-31-26(21-8-2-1-3-9-21)29-24-12-5-4-11-23(24)27(31)33/h1-12,17-18H,13-16,19H2. The van der Waals surface area contributed by atoms with Crippen molar-refractivity contribution in [1.29, 1.82) is 0 Å². The van der Waals surface area contributed by atoms with Crippen LogP contribution in [0, 0.1) is 0 Å². The number of hydrogen-bond acceptors (Lipinski definition) is 6. The Hall–Kier alpha value is -4.30. The van der Waals surface area contributed by atoms with Gasteiger partial charge in [-0.1, -0.05) is 54.6 Å². The monoisotopic (exact) mass is 468 g/mol. The van der Waals surface area contributed by atoms with Gasteiger partial charge in [-0.2, -0.15) is 9.78 Å². The number of ether oxygens (including phenoxy) is 2. The first-order valence-corrected chi connectivity index (χ1v) is 11.4. The number of benzene rings is 3. The summed E-state index contributed by atoms with van der Waals surface area (Å²) in [6.07, 6.45) is 1.58. The fourth-order valence-electron chi connectivity index (χ4n) is 3.86. The normalized spacial score (nSPS) is 13.9. The van der Waals surface area contributed by atoms with Crippen LogP contribution in [0.2, 0.25) is 0 Å². The molecule has 0 unspecified atom stereocenters. The molecule has 1 aliphatic rings. The number of carbonyl (C=O) groups is 1. The lowest BCUT2D eigenvalue weighted by molar-refractivity contribution is -0.137. The third-order valence-electron chi connectivity index (χ3n) is 5.69. The molecule has 3 aromatic carbocycles. The Labute approximate surface area is 202 Å². The van der Waals surface area contributed by atoms with Crippen LogP contribution in [-0.4, -0.2) is 59.6 Å². The predicted molar refractivity (Wildman–Crippen MR) is 134 cm³/mol. The Morgan fingerprint density at radius 2 is 1.77 bits per heavy atom. The van der Waals surface area contributed by atoms with Gasteiger partial charge >= 0.3 is 0 Å². The number of aromatic nitrogens is 2. The molecule has 1 fully saturated rings. The Morgan fingerprint density at radius 3 is 2.60 bits per heavy atom. The minimum atomic E-state index is -0.255. The fourth-order valence-corrected chi connectivity index (χ4v) is 3.86. The molecular weight excluding hydrogens is 444 g/mol. The second kappa shape index (κ2) is 10.3. The van der Waals surface area contributed by atoms with Gasteiger partial charge in [0, 0.05) is 18.7 Å². The third-order valence-corrected chi connectivity index (χ3v) is 5.69. The molecule has 0 aliphatic carbocycles. The highest BCUT2D eigenvalue weighted by Crippen LogP contribution is 2.19. The highest BCUT2D eigenvalue weighted by Gasteiger charge is 2.17. The quantitative estimate of drug-likeness (QED) is 0.406. The Kier molecular flexibility index (Phi) is 6.63. The summed E-state index contributed by atoms with van der Waals surface area (Å²) >= 11 is 0. The lowest BCUT2D eigenvalue weighted by Crippen LogP contribution is -2.42. The zero-order chi connectivity index (χ0) is 24.0. The highest BCUT2D eigenvalue weighted by molar-refractivity contribution is 5.82. The van der Waals surface area contributed by atoms with Crippen LogP contribution in [-0.2, 0) is 9.53 Å². The number of amides is 1. The number of rotatable bonds is 6. The molecule has 1 amide bonds. The molecular formula is C27H24N4O4. The summed E-state index contributed by atoms with van der Waals surface area (Å²) in [4.78, 5) is 32.1. The van der Waals surface area contributed by atoms with Gasteiger partial charge < -0.3 is 14.4 Å². The van der Waals surface area contributed by atoms with E-state index in [2.05, 4.69) is 5.10 Å². The molecule has 1 aromatic heterocycles. The molecule has 0 saturated carbocycles. The van der Waals surface area contributed by atoms with E-state index in [9.17, 15) is 9.59 Å². The van der Waals surface area contributed by atoms with Crippen molar-refractivity contribution in [3.05, 3.63) is 94.8 Å². The van der Waals surface area contributed by atoms with E-state index in [1.165, 1.54) is 4.68 Å². The van der Waals surface area contributed by atoms with Gasteiger partial charge in [-0.25, -0.2) is 4.98 Å². The number of carbonyl (C=O) groups excluding carboxylic acids is 1. The Bertz CT molecular complexity index is 1430. The molecule has 4 aromatic rings. The van der Waals surface area contributed by atoms with E-state index < -0.39 is 0 Å². The van der Waals surface area contributed by atoms with Crippen LogP contribution in [0.25, 0.3) is 22.3 Å². The molecule has 1 saturated heterocycles. The Morgan fingerprint density at radius 1 is 1.00 bits per heavy atom. The minimum absolute atomic E-state index is 0.0488. The maximum absolute atomic E-state index is 13.3. The van der Waals surface area contributed by atoms with E-state index in [0.717, 1.165) is 11.1 Å². The topological polar surface area (TPSA) is 86.0 Å². The van der Waals surface area contributed by atoms with Crippen LogP contribution >= 0.6 is 0 Å². The predicted octanol–water partition coefficient (Wildman–Crippen LogP) is 3.18. The van der Waals surface area contributed by atoms with Gasteiger partial charge in [-0.3, -0.25) is 9.59 Å². The number of morpholine rings is 1. The first kappa shape index (κ1) is 22.5. The molecule has 8 heteroatoms. The van der Waals surface area contributed by atoms with E-state index in [-0.39, 0.29) is 18.1 Å². The van der Waals surface area contributed by atoms with E-state index in [0.29, 0.717) is 48.8 Å². The lowest BCUT2D eigenvalue weighted by atomic mass is 10.2. The fraction of sp³-hybridized carbons (Fsp3) is 0.185. The van der Waals surface area contributed by atoms with Crippen molar-refractivity contribution in [3.8, 4) is 17.1 Å². The largest absolute Gasteiger partial charge is 0.484 e. The number of fused-ring (bicyclic) bond motifs is 1. The summed E-state index contributed by atoms with van der Waals surface area (Å²) in [5.74, 6) is 0.922. The number of para-hydroxylation sites is 1. The first-order chi connectivity index (χ1) is 17.2. The van der Waals surface area contributed by atoms with Crippen LogP contribution in [0.15, 0.2) is 88.8 Å². The van der Waals surface area contributed by atoms with Crippen molar-refractivity contribution < 1.29 is 14.3 Å². The number of hydrogen-bond donors (Lipinski definition) is 0. The summed E-state index contributed by atoms with van der Waals surface area (Å²) in [5.41, 5.74) is 1.86. The van der Waals surface area contributed by atoms with Crippen LogP contribution in [0.3, 0.4) is 0 Å². The summed E-state index contributed by atoms with van der Waals surface area (Å²) in [7, 11) is 0. The summed E-state index contributed by atoms with van der Waals surface area (Å²) in [6, 6.07) is 23.9. The van der Waals surface area contributed by atoms with Crippen molar-refractivity contribution in [3.63, 3.8) is 0 Å². The SMILES string of the molecule is O=C(COc1cccc(C=Nn2c(-c3ccccc3)nc3ccccc3c2=O)c1)N1CCOCC1. The van der Waals surface area contributed by atoms with Crippen LogP contribution < -0.4 is 10.3 Å². The summed E-state index contributed by atoms with van der Waals surface area (Å²) in [5, 5.41) is 4.97. The second-order valence-corrected chi connectivity index (χ2v) is 8.03. The molecule has 35 heavy (non-hydrogen) atoms. The van der Waals surface area contributed by atoms with Crippen LogP contribution in [0.1, 0.15) is 5.56 Å². The minimum Gasteiger partial charge on any atom is -0.484 e. The molecule has 5 rings (SSSR count). The maximum Gasteiger partial charge on any atom is 0.282 e. The molecule has 0 N–H and O–H groups in total. The van der Waals surface area contributed by atoms with Crippen LogP contribution in [0.5, 0.6) is 5.75 Å². The Balaban J connectivity index is 1.41. The van der Waals surface area contributed by atoms with Crippen molar-refractivity contribution in [2.45, 2.75) is 0 Å². The first-order valence-electron chi connectivity index (χ1n) is 11.4. The lowest BCUT2D eigenvalue weighted by Gasteiger charge is -2.26. The third kappa shape index (κ3) is 5.12. The molecule has 2 heterocycles. The zero-order valence-corrected chi connectivity index (χ0v) is 19.0. The van der Waals surface area contributed by atoms with E-state index in [1.807, 2.05) is 54.6 Å². The molecule has 1 aliphatic heterocycles. The molecule has 8 nitrogen and oxygen atoms in total. The van der Waals surface area contributed by atoms with Gasteiger partial charge in [0.15, 0.2) is 12.4 Å². The van der Waals surface area contributed by atoms with Crippen LogP contribution in [0.4, 0.5) is 0 Å². The van der Waals surface area contributed by atoms with Gasteiger partial charge in [-0.05, 0) is 29.8 Å². The van der Waals surface area contributed by atoms with Crippen molar-refractivity contribution in [2.24, 2.45) is 5.10 Å². The maximum atomic E-state index is 13.3.